The summed E-state index contributed by atoms with van der Waals surface area (Å²) < 4.78 is 2.50. The van der Waals surface area contributed by atoms with Gasteiger partial charge in [0, 0.05) is 17.1 Å². The largest absolute Gasteiger partial charge is 0.341 e. The van der Waals surface area contributed by atoms with E-state index in [9.17, 15) is 9.59 Å². The minimum atomic E-state index is -0.474. The summed E-state index contributed by atoms with van der Waals surface area (Å²) in [6, 6.07) is 3.20. The van der Waals surface area contributed by atoms with Crippen molar-refractivity contribution in [2.75, 3.05) is 5.32 Å². The average Bonchev–Trinajstić information content (AvgIpc) is 2.74. The van der Waals surface area contributed by atoms with E-state index in [1.54, 1.807) is 10.7 Å². The highest BCUT2D eigenvalue weighted by Crippen LogP contribution is 2.14. The third kappa shape index (κ3) is 2.43. The highest BCUT2D eigenvalue weighted by Gasteiger charge is 2.27. The maximum absolute atomic E-state index is 11.6. The zero-order valence-electron chi connectivity index (χ0n) is 9.76. The third-order valence-corrected chi connectivity index (χ3v) is 3.31. The number of amides is 2. The van der Waals surface area contributed by atoms with Crippen molar-refractivity contribution in [3.8, 4) is 0 Å². The molecule has 2 amide bonds. The molecule has 2 aromatic heterocycles. The standard InChI is InChI=1S/C11H10BrN5O2/c12-6-1-3-8-14-11(16-17(8)5-6)13-7-2-4-9(18)15-10(7)19/h1,3,5,7H,2,4H2,(H,13,16)(H,15,18,19). The summed E-state index contributed by atoms with van der Waals surface area (Å²) in [4.78, 5) is 26.9. The summed E-state index contributed by atoms with van der Waals surface area (Å²) in [5, 5.41) is 9.44. The second-order valence-corrected chi connectivity index (χ2v) is 5.15. The number of imide groups is 1. The zero-order valence-corrected chi connectivity index (χ0v) is 11.3. The monoisotopic (exact) mass is 323 g/mol. The molecule has 1 aliphatic rings. The molecule has 0 saturated carbocycles. The molecular formula is C11H10BrN5O2. The van der Waals surface area contributed by atoms with Crippen LogP contribution in [0.3, 0.4) is 0 Å². The van der Waals surface area contributed by atoms with Gasteiger partial charge in [-0.3, -0.25) is 14.9 Å². The zero-order chi connectivity index (χ0) is 13.4. The van der Waals surface area contributed by atoms with Gasteiger partial charge in [0.15, 0.2) is 5.65 Å². The van der Waals surface area contributed by atoms with Crippen molar-refractivity contribution in [3.05, 3.63) is 22.8 Å². The lowest BCUT2D eigenvalue weighted by Gasteiger charge is -2.20. The Morgan fingerprint density at radius 3 is 3.05 bits per heavy atom. The summed E-state index contributed by atoms with van der Waals surface area (Å²) in [5.74, 6) is -0.209. The van der Waals surface area contributed by atoms with Crippen LogP contribution in [0.2, 0.25) is 0 Å². The van der Waals surface area contributed by atoms with E-state index in [4.69, 9.17) is 0 Å². The number of pyridine rings is 1. The van der Waals surface area contributed by atoms with Gasteiger partial charge in [-0.05, 0) is 34.5 Å². The molecule has 3 rings (SSSR count). The maximum atomic E-state index is 11.6. The first-order valence-corrected chi connectivity index (χ1v) is 6.53. The van der Waals surface area contributed by atoms with Crippen LogP contribution in [0.5, 0.6) is 0 Å². The van der Waals surface area contributed by atoms with Crippen LogP contribution < -0.4 is 10.6 Å². The van der Waals surface area contributed by atoms with Gasteiger partial charge in [0.1, 0.15) is 6.04 Å². The number of halogens is 1. The van der Waals surface area contributed by atoms with Crippen LogP contribution >= 0.6 is 15.9 Å². The van der Waals surface area contributed by atoms with Crippen molar-refractivity contribution in [2.24, 2.45) is 0 Å². The number of hydrogen-bond donors (Lipinski definition) is 2. The molecule has 1 saturated heterocycles. The molecule has 1 atom stereocenters. The van der Waals surface area contributed by atoms with E-state index in [2.05, 4.69) is 36.6 Å². The van der Waals surface area contributed by atoms with Gasteiger partial charge < -0.3 is 5.32 Å². The number of fused-ring (bicyclic) bond motifs is 1. The predicted molar refractivity (Wildman–Crippen MR) is 70.5 cm³/mol. The quantitative estimate of drug-likeness (QED) is 0.794. The Kier molecular flexibility index (Phi) is 2.94. The van der Waals surface area contributed by atoms with Gasteiger partial charge in [-0.15, -0.1) is 5.10 Å². The van der Waals surface area contributed by atoms with E-state index >= 15 is 0 Å². The van der Waals surface area contributed by atoms with Crippen molar-refractivity contribution in [1.29, 1.82) is 0 Å². The molecular weight excluding hydrogens is 314 g/mol. The van der Waals surface area contributed by atoms with Crippen molar-refractivity contribution >= 4 is 39.3 Å². The number of carbonyl (C=O) groups is 2. The Bertz CT molecular complexity index is 668. The Labute approximate surface area is 116 Å². The second-order valence-electron chi connectivity index (χ2n) is 4.23. The SMILES string of the molecule is O=C1CCC(Nc2nc3ccc(Br)cn3n2)C(=O)N1. The van der Waals surface area contributed by atoms with E-state index in [-0.39, 0.29) is 11.8 Å². The molecule has 2 N–H and O–H groups in total. The normalized spacial score (nSPS) is 19.5. The van der Waals surface area contributed by atoms with Gasteiger partial charge in [0.25, 0.3) is 0 Å². The average molecular weight is 324 g/mol. The molecule has 98 valence electrons. The molecule has 8 heteroatoms. The van der Waals surface area contributed by atoms with Crippen LogP contribution in [0.25, 0.3) is 5.65 Å². The Morgan fingerprint density at radius 1 is 1.42 bits per heavy atom. The van der Waals surface area contributed by atoms with Crippen LogP contribution in [0.1, 0.15) is 12.8 Å². The molecule has 19 heavy (non-hydrogen) atoms. The molecule has 0 spiro atoms. The number of carbonyl (C=O) groups excluding carboxylic acids is 2. The molecule has 2 aromatic rings. The Hall–Kier alpha value is -1.96. The predicted octanol–water partition coefficient (Wildman–Crippen LogP) is 0.709. The maximum Gasteiger partial charge on any atom is 0.249 e. The van der Waals surface area contributed by atoms with Crippen LogP contribution in [0.15, 0.2) is 22.8 Å². The molecule has 7 nitrogen and oxygen atoms in total. The van der Waals surface area contributed by atoms with Crippen LogP contribution in [0, 0.1) is 0 Å². The number of nitrogens with zero attached hydrogens (tertiary/aromatic N) is 3. The molecule has 3 heterocycles. The minimum absolute atomic E-state index is 0.241. The fourth-order valence-electron chi connectivity index (χ4n) is 1.91. The van der Waals surface area contributed by atoms with Gasteiger partial charge in [-0.2, -0.15) is 4.98 Å². The number of hydrogen-bond acceptors (Lipinski definition) is 5. The number of anilines is 1. The molecule has 1 aliphatic heterocycles. The van der Waals surface area contributed by atoms with Gasteiger partial charge >= 0.3 is 0 Å². The number of piperidine rings is 1. The first-order chi connectivity index (χ1) is 9.11. The minimum Gasteiger partial charge on any atom is -0.341 e. The molecule has 1 unspecified atom stereocenters. The van der Waals surface area contributed by atoms with E-state index in [0.29, 0.717) is 24.4 Å². The fraction of sp³-hybridized carbons (Fsp3) is 0.273. The summed E-state index contributed by atoms with van der Waals surface area (Å²) in [7, 11) is 0. The molecule has 0 aromatic carbocycles. The van der Waals surface area contributed by atoms with Crippen molar-refractivity contribution in [1.82, 2.24) is 19.9 Å². The fourth-order valence-corrected chi connectivity index (χ4v) is 2.23. The summed E-state index contributed by atoms with van der Waals surface area (Å²) in [6.45, 7) is 0. The second kappa shape index (κ2) is 4.61. The van der Waals surface area contributed by atoms with Gasteiger partial charge in [0.2, 0.25) is 17.8 Å². The molecule has 0 aliphatic carbocycles. The third-order valence-electron chi connectivity index (χ3n) is 2.84. The van der Waals surface area contributed by atoms with E-state index < -0.39 is 6.04 Å². The molecule has 0 bridgehead atoms. The van der Waals surface area contributed by atoms with Gasteiger partial charge in [-0.1, -0.05) is 0 Å². The van der Waals surface area contributed by atoms with Crippen molar-refractivity contribution in [3.63, 3.8) is 0 Å². The lowest BCUT2D eigenvalue weighted by molar-refractivity contribution is -0.133. The van der Waals surface area contributed by atoms with Crippen molar-refractivity contribution in [2.45, 2.75) is 18.9 Å². The summed E-state index contributed by atoms with van der Waals surface area (Å²) in [5.41, 5.74) is 0.679. The summed E-state index contributed by atoms with van der Waals surface area (Å²) in [6.07, 6.45) is 2.55. The highest BCUT2D eigenvalue weighted by molar-refractivity contribution is 9.10. The first-order valence-electron chi connectivity index (χ1n) is 5.74. The Balaban J connectivity index is 1.81. The summed E-state index contributed by atoms with van der Waals surface area (Å²) >= 11 is 3.35. The lowest BCUT2D eigenvalue weighted by Crippen LogP contribution is -2.47. The number of aromatic nitrogens is 3. The Morgan fingerprint density at radius 2 is 2.26 bits per heavy atom. The molecule has 1 fully saturated rings. The van der Waals surface area contributed by atoms with Crippen LogP contribution in [-0.4, -0.2) is 32.5 Å². The van der Waals surface area contributed by atoms with Crippen LogP contribution in [0.4, 0.5) is 5.95 Å². The van der Waals surface area contributed by atoms with E-state index in [0.717, 1.165) is 4.47 Å². The van der Waals surface area contributed by atoms with E-state index in [1.807, 2.05) is 12.1 Å². The van der Waals surface area contributed by atoms with Crippen LogP contribution in [-0.2, 0) is 9.59 Å². The topological polar surface area (TPSA) is 88.4 Å². The molecule has 0 radical (unpaired) electrons. The number of nitrogens with one attached hydrogen (secondary N) is 2. The van der Waals surface area contributed by atoms with Gasteiger partial charge in [-0.25, -0.2) is 4.52 Å². The van der Waals surface area contributed by atoms with E-state index in [1.165, 1.54) is 0 Å². The highest BCUT2D eigenvalue weighted by atomic mass is 79.9. The first kappa shape index (κ1) is 12.1. The number of rotatable bonds is 2. The smallest absolute Gasteiger partial charge is 0.249 e. The van der Waals surface area contributed by atoms with Crippen molar-refractivity contribution < 1.29 is 9.59 Å². The lowest BCUT2D eigenvalue weighted by atomic mass is 10.1. The van der Waals surface area contributed by atoms with Gasteiger partial charge in [0.05, 0.1) is 0 Å².